The molecule has 0 saturated carbocycles. The summed E-state index contributed by atoms with van der Waals surface area (Å²) in [6.07, 6.45) is 2.19. The Kier molecular flexibility index (Phi) is 5.16. The van der Waals surface area contributed by atoms with Crippen molar-refractivity contribution in [3.8, 4) is 0 Å². The molecule has 0 aromatic heterocycles. The first-order valence-electron chi connectivity index (χ1n) is 6.70. The SMILES string of the molecule is CCCCN(c1ccccc1)c1cc(Cl)c(Cl)cc1N. The third kappa shape index (κ3) is 3.38. The fourth-order valence-corrected chi connectivity index (χ4v) is 2.43. The second-order valence-electron chi connectivity index (χ2n) is 4.67. The minimum atomic E-state index is 0.483. The Hall–Kier alpha value is -1.38. The second kappa shape index (κ2) is 6.87. The number of nitrogens with zero attached hydrogens (tertiary/aromatic N) is 1. The first kappa shape index (κ1) is 15.0. The summed E-state index contributed by atoms with van der Waals surface area (Å²) in [5.41, 5.74) is 8.76. The highest BCUT2D eigenvalue weighted by Crippen LogP contribution is 2.36. The smallest absolute Gasteiger partial charge is 0.0660 e. The number of unbranched alkanes of at least 4 members (excludes halogenated alkanes) is 1. The van der Waals surface area contributed by atoms with Gasteiger partial charge < -0.3 is 10.6 Å². The molecule has 0 bridgehead atoms. The lowest BCUT2D eigenvalue weighted by molar-refractivity contribution is 0.786. The molecule has 4 heteroatoms. The first-order valence-corrected chi connectivity index (χ1v) is 7.46. The fourth-order valence-electron chi connectivity index (χ4n) is 2.10. The van der Waals surface area contributed by atoms with Crippen LogP contribution in [0.4, 0.5) is 17.1 Å². The van der Waals surface area contributed by atoms with E-state index in [1.807, 2.05) is 24.3 Å². The van der Waals surface area contributed by atoms with Crippen LogP contribution in [0, 0.1) is 0 Å². The predicted octanol–water partition coefficient (Wildman–Crippen LogP) is 5.51. The molecule has 2 aromatic rings. The van der Waals surface area contributed by atoms with Gasteiger partial charge in [0.15, 0.2) is 0 Å². The summed E-state index contributed by atoms with van der Waals surface area (Å²) in [5, 5.41) is 1.00. The van der Waals surface area contributed by atoms with Crippen LogP contribution < -0.4 is 10.6 Å². The monoisotopic (exact) mass is 308 g/mol. The van der Waals surface area contributed by atoms with Crippen LogP contribution in [0.3, 0.4) is 0 Å². The lowest BCUT2D eigenvalue weighted by atomic mass is 10.2. The van der Waals surface area contributed by atoms with Crippen LogP contribution in [0.1, 0.15) is 19.8 Å². The van der Waals surface area contributed by atoms with E-state index in [1.165, 1.54) is 0 Å². The molecule has 0 fully saturated rings. The number of hydrogen-bond acceptors (Lipinski definition) is 2. The van der Waals surface area contributed by atoms with Crippen molar-refractivity contribution >= 4 is 40.3 Å². The van der Waals surface area contributed by atoms with Gasteiger partial charge in [-0.3, -0.25) is 0 Å². The Bertz CT molecular complexity index is 570. The quantitative estimate of drug-likeness (QED) is 0.737. The van der Waals surface area contributed by atoms with Crippen LogP contribution in [-0.4, -0.2) is 6.54 Å². The zero-order chi connectivity index (χ0) is 14.5. The first-order chi connectivity index (χ1) is 9.63. The lowest BCUT2D eigenvalue weighted by Gasteiger charge is -2.26. The summed E-state index contributed by atoms with van der Waals surface area (Å²) in [5.74, 6) is 0. The maximum Gasteiger partial charge on any atom is 0.0660 e. The van der Waals surface area contributed by atoms with Gasteiger partial charge in [-0.05, 0) is 30.7 Å². The van der Waals surface area contributed by atoms with Gasteiger partial charge in [-0.25, -0.2) is 0 Å². The largest absolute Gasteiger partial charge is 0.397 e. The molecule has 0 saturated heterocycles. The van der Waals surface area contributed by atoms with Gasteiger partial charge in [0.25, 0.3) is 0 Å². The van der Waals surface area contributed by atoms with E-state index in [-0.39, 0.29) is 0 Å². The van der Waals surface area contributed by atoms with E-state index in [1.54, 1.807) is 6.07 Å². The molecule has 0 aliphatic heterocycles. The van der Waals surface area contributed by atoms with Crippen molar-refractivity contribution in [2.24, 2.45) is 0 Å². The Morgan fingerprint density at radius 1 is 1.05 bits per heavy atom. The van der Waals surface area contributed by atoms with Crippen molar-refractivity contribution in [3.63, 3.8) is 0 Å². The van der Waals surface area contributed by atoms with Crippen LogP contribution in [0.15, 0.2) is 42.5 Å². The highest BCUT2D eigenvalue weighted by molar-refractivity contribution is 6.42. The highest BCUT2D eigenvalue weighted by atomic mass is 35.5. The van der Waals surface area contributed by atoms with E-state index in [4.69, 9.17) is 28.9 Å². The van der Waals surface area contributed by atoms with Crippen LogP contribution in [0.2, 0.25) is 10.0 Å². The third-order valence-corrected chi connectivity index (χ3v) is 3.89. The van der Waals surface area contributed by atoms with Crippen molar-refractivity contribution in [2.45, 2.75) is 19.8 Å². The Morgan fingerprint density at radius 2 is 1.70 bits per heavy atom. The van der Waals surface area contributed by atoms with Crippen LogP contribution in [0.5, 0.6) is 0 Å². The summed E-state index contributed by atoms with van der Waals surface area (Å²) < 4.78 is 0. The summed E-state index contributed by atoms with van der Waals surface area (Å²) in [6, 6.07) is 13.7. The van der Waals surface area contributed by atoms with Crippen molar-refractivity contribution in [3.05, 3.63) is 52.5 Å². The molecule has 0 aliphatic rings. The normalized spacial score (nSPS) is 10.6. The topological polar surface area (TPSA) is 29.3 Å². The van der Waals surface area contributed by atoms with Crippen LogP contribution in [0.25, 0.3) is 0 Å². The lowest BCUT2D eigenvalue weighted by Crippen LogP contribution is -2.19. The Balaban J connectivity index is 2.44. The maximum atomic E-state index is 6.14. The molecule has 2 aromatic carbocycles. The molecule has 20 heavy (non-hydrogen) atoms. The third-order valence-electron chi connectivity index (χ3n) is 3.16. The molecule has 0 atom stereocenters. The number of anilines is 3. The van der Waals surface area contributed by atoms with E-state index in [9.17, 15) is 0 Å². The minimum Gasteiger partial charge on any atom is -0.397 e. The molecule has 0 radical (unpaired) electrons. The summed E-state index contributed by atoms with van der Waals surface area (Å²) in [4.78, 5) is 2.18. The standard InChI is InChI=1S/C16H18Cl2N2/c1-2-3-9-20(12-7-5-4-6-8-12)16-11-14(18)13(17)10-15(16)19/h4-8,10-11H,2-3,9,19H2,1H3. The number of para-hydroxylation sites is 1. The Morgan fingerprint density at radius 3 is 2.35 bits per heavy atom. The number of rotatable bonds is 5. The number of hydrogen-bond donors (Lipinski definition) is 1. The second-order valence-corrected chi connectivity index (χ2v) is 5.48. The van der Waals surface area contributed by atoms with Gasteiger partial charge in [0.2, 0.25) is 0 Å². The van der Waals surface area contributed by atoms with Gasteiger partial charge in [-0.15, -0.1) is 0 Å². The van der Waals surface area contributed by atoms with Crippen LogP contribution in [-0.2, 0) is 0 Å². The van der Waals surface area contributed by atoms with E-state index in [0.29, 0.717) is 15.7 Å². The van der Waals surface area contributed by atoms with Gasteiger partial charge in [-0.1, -0.05) is 54.7 Å². The van der Waals surface area contributed by atoms with E-state index < -0.39 is 0 Å². The predicted molar refractivity (Wildman–Crippen MR) is 89.2 cm³/mol. The summed E-state index contributed by atoms with van der Waals surface area (Å²) >= 11 is 12.1. The van der Waals surface area contributed by atoms with E-state index in [0.717, 1.165) is 30.8 Å². The van der Waals surface area contributed by atoms with E-state index >= 15 is 0 Å². The molecule has 2 N–H and O–H groups in total. The maximum absolute atomic E-state index is 6.14. The van der Waals surface area contributed by atoms with Gasteiger partial charge in [0.05, 0.1) is 21.4 Å². The van der Waals surface area contributed by atoms with Gasteiger partial charge in [0.1, 0.15) is 0 Å². The molecule has 0 heterocycles. The molecular formula is C16H18Cl2N2. The van der Waals surface area contributed by atoms with Gasteiger partial charge in [-0.2, -0.15) is 0 Å². The average Bonchev–Trinajstić information content (AvgIpc) is 2.45. The molecule has 0 spiro atoms. The highest BCUT2D eigenvalue weighted by Gasteiger charge is 2.14. The molecule has 2 rings (SSSR count). The number of nitrogen functional groups attached to an aromatic ring is 1. The number of halogens is 2. The van der Waals surface area contributed by atoms with Gasteiger partial charge >= 0.3 is 0 Å². The van der Waals surface area contributed by atoms with Crippen molar-refractivity contribution in [1.82, 2.24) is 0 Å². The molecule has 106 valence electrons. The van der Waals surface area contributed by atoms with Crippen molar-refractivity contribution in [2.75, 3.05) is 17.2 Å². The molecule has 0 aliphatic carbocycles. The van der Waals surface area contributed by atoms with Gasteiger partial charge in [0, 0.05) is 12.2 Å². The summed E-state index contributed by atoms with van der Waals surface area (Å²) in [7, 11) is 0. The Labute approximate surface area is 130 Å². The number of nitrogens with two attached hydrogens (primary N) is 1. The van der Waals surface area contributed by atoms with E-state index in [2.05, 4.69) is 24.0 Å². The molecule has 0 unspecified atom stereocenters. The summed E-state index contributed by atoms with van der Waals surface area (Å²) in [6.45, 7) is 3.06. The molecular weight excluding hydrogens is 291 g/mol. The van der Waals surface area contributed by atoms with Crippen molar-refractivity contribution in [1.29, 1.82) is 0 Å². The zero-order valence-electron chi connectivity index (χ0n) is 11.4. The minimum absolute atomic E-state index is 0.483. The van der Waals surface area contributed by atoms with Crippen molar-refractivity contribution < 1.29 is 0 Å². The molecule has 0 amide bonds. The number of benzene rings is 2. The molecule has 2 nitrogen and oxygen atoms in total. The van der Waals surface area contributed by atoms with Crippen LogP contribution >= 0.6 is 23.2 Å². The zero-order valence-corrected chi connectivity index (χ0v) is 13.0. The fraction of sp³-hybridized carbons (Fsp3) is 0.250. The average molecular weight is 309 g/mol.